The van der Waals surface area contributed by atoms with Gasteiger partial charge in [-0.3, -0.25) is 9.69 Å². The molecule has 126 valence electrons. The van der Waals surface area contributed by atoms with E-state index in [2.05, 4.69) is 35.3 Å². The molecule has 0 aromatic heterocycles. The third kappa shape index (κ3) is 4.05. The van der Waals surface area contributed by atoms with Crippen molar-refractivity contribution in [2.45, 2.75) is 39.2 Å². The van der Waals surface area contributed by atoms with E-state index in [-0.39, 0.29) is 5.91 Å². The second-order valence-corrected chi connectivity index (χ2v) is 7.07. The number of ether oxygens (including phenoxy) is 1. The van der Waals surface area contributed by atoms with Crippen molar-refractivity contribution in [3.8, 4) is 5.75 Å². The number of carbonyl (C=O) groups is 1. The summed E-state index contributed by atoms with van der Waals surface area (Å²) in [4.78, 5) is 14.4. The summed E-state index contributed by atoms with van der Waals surface area (Å²) in [6.45, 7) is 6.11. The van der Waals surface area contributed by atoms with Crippen LogP contribution in [0.4, 0.5) is 0 Å². The number of hydrogen-bond acceptors (Lipinski definition) is 3. The number of likely N-dealkylation sites (tertiary alicyclic amines) is 1. The molecule has 3 rings (SSSR count). The van der Waals surface area contributed by atoms with Crippen LogP contribution in [0, 0.1) is 18.8 Å². The van der Waals surface area contributed by atoms with Crippen molar-refractivity contribution < 1.29 is 9.53 Å². The number of rotatable bonds is 6. The van der Waals surface area contributed by atoms with Gasteiger partial charge in [-0.1, -0.05) is 18.6 Å². The van der Waals surface area contributed by atoms with E-state index in [1.807, 2.05) is 0 Å². The van der Waals surface area contributed by atoms with E-state index in [9.17, 15) is 4.79 Å². The number of nitrogens with zero attached hydrogens (tertiary/aromatic N) is 1. The summed E-state index contributed by atoms with van der Waals surface area (Å²) in [6, 6.07) is 6.42. The molecule has 0 bridgehead atoms. The maximum absolute atomic E-state index is 11.9. The van der Waals surface area contributed by atoms with Crippen LogP contribution in [-0.2, 0) is 11.3 Å². The summed E-state index contributed by atoms with van der Waals surface area (Å²) in [5, 5.41) is 3.15. The highest BCUT2D eigenvalue weighted by molar-refractivity contribution is 5.79. The molecule has 0 spiro atoms. The molecule has 4 heteroatoms. The van der Waals surface area contributed by atoms with Gasteiger partial charge in [0.15, 0.2) is 0 Å². The Labute approximate surface area is 139 Å². The largest absolute Gasteiger partial charge is 0.496 e. The van der Waals surface area contributed by atoms with Gasteiger partial charge >= 0.3 is 0 Å². The number of carbonyl (C=O) groups excluding carboxylic acids is 1. The quantitative estimate of drug-likeness (QED) is 0.877. The number of benzene rings is 1. The molecule has 1 atom stereocenters. The first-order valence-electron chi connectivity index (χ1n) is 8.79. The smallest absolute Gasteiger partial charge is 0.223 e. The van der Waals surface area contributed by atoms with Crippen molar-refractivity contribution in [1.82, 2.24) is 10.2 Å². The average molecular weight is 316 g/mol. The molecule has 1 aliphatic heterocycles. The molecule has 23 heavy (non-hydrogen) atoms. The maximum atomic E-state index is 11.9. The second kappa shape index (κ2) is 7.35. The number of methoxy groups -OCH3 is 1. The monoisotopic (exact) mass is 316 g/mol. The number of nitrogens with one attached hydrogen (secondary N) is 1. The van der Waals surface area contributed by atoms with Gasteiger partial charge in [0.05, 0.1) is 7.11 Å². The lowest BCUT2D eigenvalue weighted by atomic mass is 9.85. The summed E-state index contributed by atoms with van der Waals surface area (Å²) in [5.74, 6) is 2.13. The molecule has 1 aromatic carbocycles. The molecule has 2 fully saturated rings. The molecule has 1 saturated carbocycles. The lowest BCUT2D eigenvalue weighted by molar-refractivity contribution is -0.127. The molecule has 1 heterocycles. The first kappa shape index (κ1) is 16.3. The van der Waals surface area contributed by atoms with Gasteiger partial charge < -0.3 is 10.1 Å². The fourth-order valence-electron chi connectivity index (χ4n) is 3.58. The van der Waals surface area contributed by atoms with Crippen LogP contribution < -0.4 is 10.1 Å². The molecule has 1 N–H and O–H groups in total. The predicted octanol–water partition coefficient (Wildman–Crippen LogP) is 2.74. The Morgan fingerprint density at radius 3 is 2.83 bits per heavy atom. The van der Waals surface area contributed by atoms with Crippen molar-refractivity contribution in [1.29, 1.82) is 0 Å². The lowest BCUT2D eigenvalue weighted by Crippen LogP contribution is -2.37. The van der Waals surface area contributed by atoms with Gasteiger partial charge in [-0.25, -0.2) is 0 Å². The fraction of sp³-hybridized carbons (Fsp3) is 0.632. The van der Waals surface area contributed by atoms with Gasteiger partial charge in [0.1, 0.15) is 5.75 Å². The van der Waals surface area contributed by atoms with Gasteiger partial charge in [-0.15, -0.1) is 0 Å². The number of amides is 1. The highest BCUT2D eigenvalue weighted by atomic mass is 16.5. The zero-order chi connectivity index (χ0) is 16.2. The molecule has 1 amide bonds. The topological polar surface area (TPSA) is 41.6 Å². The summed E-state index contributed by atoms with van der Waals surface area (Å²) in [6.07, 6.45) is 4.57. The van der Waals surface area contributed by atoms with Gasteiger partial charge in [0.2, 0.25) is 5.91 Å². The van der Waals surface area contributed by atoms with E-state index in [4.69, 9.17) is 4.74 Å². The van der Waals surface area contributed by atoms with Gasteiger partial charge in [-0.05, 0) is 55.8 Å². The van der Waals surface area contributed by atoms with Gasteiger partial charge in [0, 0.05) is 25.6 Å². The number of aryl methyl sites for hydroxylation is 1. The first-order valence-corrected chi connectivity index (χ1v) is 8.79. The molecule has 4 nitrogen and oxygen atoms in total. The molecule has 0 radical (unpaired) electrons. The Balaban J connectivity index is 1.44. The highest BCUT2D eigenvalue weighted by Crippen LogP contribution is 2.26. The first-order chi connectivity index (χ1) is 11.2. The van der Waals surface area contributed by atoms with E-state index in [1.54, 1.807) is 7.11 Å². The fourth-order valence-corrected chi connectivity index (χ4v) is 3.58. The Bertz CT molecular complexity index is 554. The lowest BCUT2D eigenvalue weighted by Gasteiger charge is -2.25. The van der Waals surface area contributed by atoms with Crippen LogP contribution in [0.1, 0.15) is 36.8 Å². The van der Waals surface area contributed by atoms with Crippen LogP contribution in [0.15, 0.2) is 18.2 Å². The van der Waals surface area contributed by atoms with E-state index in [0.29, 0.717) is 11.8 Å². The van der Waals surface area contributed by atoms with Gasteiger partial charge in [-0.2, -0.15) is 0 Å². The highest BCUT2D eigenvalue weighted by Gasteiger charge is 2.27. The normalized spacial score (nSPS) is 21.9. The Morgan fingerprint density at radius 1 is 1.35 bits per heavy atom. The van der Waals surface area contributed by atoms with Crippen LogP contribution in [-0.4, -0.2) is 37.6 Å². The zero-order valence-electron chi connectivity index (χ0n) is 14.3. The van der Waals surface area contributed by atoms with Crippen LogP contribution in [0.2, 0.25) is 0 Å². The predicted molar refractivity (Wildman–Crippen MR) is 91.5 cm³/mol. The van der Waals surface area contributed by atoms with E-state index in [1.165, 1.54) is 24.0 Å². The molecule has 1 saturated heterocycles. The SMILES string of the molecule is COc1ccc(CN2CCC(CNC(=O)C3CCC3)C2)cc1C. The molecule has 2 aliphatic rings. The minimum Gasteiger partial charge on any atom is -0.496 e. The average Bonchev–Trinajstić information content (AvgIpc) is 2.91. The number of hydrogen-bond donors (Lipinski definition) is 1. The summed E-state index contributed by atoms with van der Waals surface area (Å²) >= 11 is 0. The molecule has 1 aromatic rings. The third-order valence-electron chi connectivity index (χ3n) is 5.28. The molecular weight excluding hydrogens is 288 g/mol. The van der Waals surface area contributed by atoms with E-state index in [0.717, 1.165) is 44.8 Å². The maximum Gasteiger partial charge on any atom is 0.223 e. The van der Waals surface area contributed by atoms with Crippen LogP contribution >= 0.6 is 0 Å². The van der Waals surface area contributed by atoms with Crippen molar-refractivity contribution in [3.63, 3.8) is 0 Å². The third-order valence-corrected chi connectivity index (χ3v) is 5.28. The van der Waals surface area contributed by atoms with Crippen LogP contribution in [0.25, 0.3) is 0 Å². The van der Waals surface area contributed by atoms with E-state index < -0.39 is 0 Å². The Hall–Kier alpha value is -1.55. The minimum atomic E-state index is 0.278. The second-order valence-electron chi connectivity index (χ2n) is 7.07. The van der Waals surface area contributed by atoms with Crippen molar-refractivity contribution in [2.24, 2.45) is 11.8 Å². The van der Waals surface area contributed by atoms with Crippen molar-refractivity contribution in [2.75, 3.05) is 26.7 Å². The Kier molecular flexibility index (Phi) is 5.21. The van der Waals surface area contributed by atoms with Crippen LogP contribution in [0.3, 0.4) is 0 Å². The summed E-state index contributed by atoms with van der Waals surface area (Å²) in [5.41, 5.74) is 2.52. The van der Waals surface area contributed by atoms with Crippen molar-refractivity contribution in [3.05, 3.63) is 29.3 Å². The van der Waals surface area contributed by atoms with Crippen LogP contribution in [0.5, 0.6) is 5.75 Å². The summed E-state index contributed by atoms with van der Waals surface area (Å²) in [7, 11) is 1.71. The standard InChI is InChI=1S/C19H28N2O2/c1-14-10-15(6-7-18(14)23-2)12-21-9-8-16(13-21)11-20-19(22)17-4-3-5-17/h6-7,10,16-17H,3-5,8-9,11-13H2,1-2H3,(H,20,22). The molecular formula is C19H28N2O2. The molecule has 1 aliphatic carbocycles. The molecule has 1 unspecified atom stereocenters. The minimum absolute atomic E-state index is 0.278. The Morgan fingerprint density at radius 2 is 2.17 bits per heavy atom. The summed E-state index contributed by atoms with van der Waals surface area (Å²) < 4.78 is 5.32. The van der Waals surface area contributed by atoms with E-state index >= 15 is 0 Å². The van der Waals surface area contributed by atoms with Crippen molar-refractivity contribution >= 4 is 5.91 Å². The zero-order valence-corrected chi connectivity index (χ0v) is 14.3. The van der Waals surface area contributed by atoms with Gasteiger partial charge in [0.25, 0.3) is 0 Å².